The molecule has 0 aliphatic carbocycles. The molecule has 0 aromatic heterocycles. The summed E-state index contributed by atoms with van der Waals surface area (Å²) in [6, 6.07) is 10.9. The topological polar surface area (TPSA) is 90.8 Å². The van der Waals surface area contributed by atoms with Crippen LogP contribution in [0, 0.1) is 0 Å². The van der Waals surface area contributed by atoms with Crippen LogP contribution in [0.15, 0.2) is 47.6 Å². The number of aromatic hydroxyl groups is 1. The first-order valence-electron chi connectivity index (χ1n) is 6.77. The van der Waals surface area contributed by atoms with Crippen molar-refractivity contribution in [2.75, 3.05) is 5.32 Å². The summed E-state index contributed by atoms with van der Waals surface area (Å²) in [5.41, 5.74) is 3.53. The molecule has 2 rings (SSSR count). The maximum absolute atomic E-state index is 11.8. The highest BCUT2D eigenvalue weighted by Gasteiger charge is 2.15. The van der Waals surface area contributed by atoms with Crippen LogP contribution in [0.3, 0.4) is 0 Å². The molecule has 6 nitrogen and oxygen atoms in total. The number of benzene rings is 2. The van der Waals surface area contributed by atoms with Crippen LogP contribution >= 0.6 is 23.2 Å². The van der Waals surface area contributed by atoms with E-state index < -0.39 is 11.8 Å². The number of hydrogen-bond acceptors (Lipinski definition) is 4. The first-order chi connectivity index (χ1) is 11.4. The normalized spacial score (nSPS) is 11.0. The van der Waals surface area contributed by atoms with Gasteiger partial charge in [-0.1, -0.05) is 29.3 Å². The van der Waals surface area contributed by atoms with Gasteiger partial charge < -0.3 is 10.4 Å². The van der Waals surface area contributed by atoms with Gasteiger partial charge in [0, 0.05) is 0 Å². The van der Waals surface area contributed by atoms with Gasteiger partial charge in [-0.3, -0.25) is 9.59 Å². The summed E-state index contributed by atoms with van der Waals surface area (Å²) >= 11 is 11.8. The number of nitrogens with one attached hydrogen (secondary N) is 2. The molecule has 0 radical (unpaired) electrons. The van der Waals surface area contributed by atoms with Crippen LogP contribution in [-0.2, 0) is 9.59 Å². The minimum Gasteiger partial charge on any atom is -0.508 e. The smallest absolute Gasteiger partial charge is 0.329 e. The van der Waals surface area contributed by atoms with Gasteiger partial charge in [0.05, 0.1) is 21.4 Å². The Morgan fingerprint density at radius 3 is 2.38 bits per heavy atom. The van der Waals surface area contributed by atoms with Crippen molar-refractivity contribution in [2.45, 2.75) is 6.92 Å². The molecule has 24 heavy (non-hydrogen) atoms. The molecule has 0 aliphatic heterocycles. The monoisotopic (exact) mass is 365 g/mol. The third-order valence-electron chi connectivity index (χ3n) is 3.02. The number of hydrazone groups is 1. The van der Waals surface area contributed by atoms with Crippen molar-refractivity contribution < 1.29 is 14.7 Å². The van der Waals surface area contributed by atoms with Crippen molar-refractivity contribution in [1.29, 1.82) is 0 Å². The summed E-state index contributed by atoms with van der Waals surface area (Å²) < 4.78 is 0. The molecule has 0 fully saturated rings. The molecule has 0 bridgehead atoms. The molecule has 8 heteroatoms. The molecule has 0 atom stereocenters. The van der Waals surface area contributed by atoms with Gasteiger partial charge in [-0.25, -0.2) is 5.43 Å². The number of carbonyl (C=O) groups excluding carboxylic acids is 2. The van der Waals surface area contributed by atoms with Crippen LogP contribution in [0.4, 0.5) is 5.69 Å². The van der Waals surface area contributed by atoms with Crippen LogP contribution in [0.2, 0.25) is 10.0 Å². The Morgan fingerprint density at radius 1 is 1.04 bits per heavy atom. The zero-order valence-electron chi connectivity index (χ0n) is 12.5. The van der Waals surface area contributed by atoms with Gasteiger partial charge in [-0.2, -0.15) is 5.10 Å². The van der Waals surface area contributed by atoms with E-state index in [0.29, 0.717) is 11.3 Å². The fraction of sp³-hybridized carbons (Fsp3) is 0.0625. The molecular weight excluding hydrogens is 353 g/mol. The largest absolute Gasteiger partial charge is 0.508 e. The van der Waals surface area contributed by atoms with Gasteiger partial charge >= 0.3 is 11.8 Å². The third kappa shape index (κ3) is 4.47. The minimum absolute atomic E-state index is 0.119. The third-order valence-corrected chi connectivity index (χ3v) is 3.84. The van der Waals surface area contributed by atoms with Gasteiger partial charge in [-0.15, -0.1) is 0 Å². The van der Waals surface area contributed by atoms with Gasteiger partial charge in [0.25, 0.3) is 0 Å². The lowest BCUT2D eigenvalue weighted by atomic mass is 10.1. The van der Waals surface area contributed by atoms with Crippen molar-refractivity contribution in [3.63, 3.8) is 0 Å². The Bertz CT molecular complexity index is 805. The highest BCUT2D eigenvalue weighted by Crippen LogP contribution is 2.29. The van der Waals surface area contributed by atoms with Gasteiger partial charge in [-0.05, 0) is 48.9 Å². The maximum Gasteiger partial charge on any atom is 0.329 e. The quantitative estimate of drug-likeness (QED) is 0.443. The lowest BCUT2D eigenvalue weighted by molar-refractivity contribution is -0.136. The SMILES string of the molecule is C/C(=N\NC(=O)C(=O)Nc1cccc(Cl)c1Cl)c1ccc(O)cc1. The van der Waals surface area contributed by atoms with E-state index in [1.165, 1.54) is 18.2 Å². The molecule has 3 N–H and O–H groups in total. The Morgan fingerprint density at radius 2 is 1.71 bits per heavy atom. The zero-order chi connectivity index (χ0) is 17.7. The number of amides is 2. The summed E-state index contributed by atoms with van der Waals surface area (Å²) in [6.07, 6.45) is 0. The lowest BCUT2D eigenvalue weighted by Crippen LogP contribution is -2.33. The summed E-state index contributed by atoms with van der Waals surface area (Å²) in [5.74, 6) is -1.76. The Balaban J connectivity index is 2.01. The van der Waals surface area contributed by atoms with E-state index in [4.69, 9.17) is 23.2 Å². The number of halogens is 2. The van der Waals surface area contributed by atoms with E-state index in [0.717, 1.165) is 0 Å². The Kier molecular flexibility index (Phi) is 5.78. The van der Waals surface area contributed by atoms with Crippen molar-refractivity contribution in [2.24, 2.45) is 5.10 Å². The second kappa shape index (κ2) is 7.81. The van der Waals surface area contributed by atoms with Crippen LogP contribution in [0.1, 0.15) is 12.5 Å². The molecule has 2 amide bonds. The number of anilines is 1. The van der Waals surface area contributed by atoms with Crippen molar-refractivity contribution in [3.8, 4) is 5.75 Å². The zero-order valence-corrected chi connectivity index (χ0v) is 14.0. The first-order valence-corrected chi connectivity index (χ1v) is 7.53. The molecule has 0 aliphatic rings. The number of rotatable bonds is 3. The number of nitrogens with zero attached hydrogens (tertiary/aromatic N) is 1. The predicted octanol–water partition coefficient (Wildman–Crippen LogP) is 3.18. The molecule has 0 unspecified atom stereocenters. The molecule has 124 valence electrons. The molecule has 0 spiro atoms. The number of phenolic OH excluding ortho intramolecular Hbond substituents is 1. The maximum atomic E-state index is 11.8. The Hall–Kier alpha value is -2.57. The van der Waals surface area contributed by atoms with Crippen molar-refractivity contribution in [3.05, 3.63) is 58.1 Å². The number of hydrogen-bond donors (Lipinski definition) is 3. The fourth-order valence-corrected chi connectivity index (χ4v) is 2.08. The molecule has 2 aromatic carbocycles. The molecule has 0 saturated heterocycles. The van der Waals surface area contributed by atoms with E-state index in [2.05, 4.69) is 15.8 Å². The predicted molar refractivity (Wildman–Crippen MR) is 93.6 cm³/mol. The van der Waals surface area contributed by atoms with Crippen molar-refractivity contribution >= 4 is 46.4 Å². The summed E-state index contributed by atoms with van der Waals surface area (Å²) in [4.78, 5) is 23.6. The van der Waals surface area contributed by atoms with Crippen LogP contribution in [0.25, 0.3) is 0 Å². The van der Waals surface area contributed by atoms with E-state index >= 15 is 0 Å². The van der Waals surface area contributed by atoms with Gasteiger partial charge in [0.2, 0.25) is 0 Å². The molecule has 0 saturated carbocycles. The summed E-state index contributed by atoms with van der Waals surface area (Å²) in [5, 5.41) is 15.8. The molecule has 2 aromatic rings. The Labute approximate surface area is 148 Å². The van der Waals surface area contributed by atoms with E-state index in [1.807, 2.05) is 0 Å². The van der Waals surface area contributed by atoms with Crippen molar-refractivity contribution in [1.82, 2.24) is 5.43 Å². The first kappa shape index (κ1) is 17.8. The van der Waals surface area contributed by atoms with E-state index in [9.17, 15) is 14.7 Å². The number of phenols is 1. The van der Waals surface area contributed by atoms with E-state index in [1.54, 1.807) is 31.2 Å². The average Bonchev–Trinajstić information content (AvgIpc) is 2.57. The van der Waals surface area contributed by atoms with Crippen LogP contribution in [0.5, 0.6) is 5.75 Å². The molecule has 0 heterocycles. The van der Waals surface area contributed by atoms with Crippen LogP contribution < -0.4 is 10.7 Å². The second-order valence-electron chi connectivity index (χ2n) is 4.74. The second-order valence-corrected chi connectivity index (χ2v) is 5.53. The molecular formula is C16H13Cl2N3O3. The average molecular weight is 366 g/mol. The lowest BCUT2D eigenvalue weighted by Gasteiger charge is -2.07. The van der Waals surface area contributed by atoms with E-state index in [-0.39, 0.29) is 21.5 Å². The standard InChI is InChI=1S/C16H13Cl2N3O3/c1-9(10-5-7-11(22)8-6-10)20-21-16(24)15(23)19-13-4-2-3-12(17)14(13)18/h2-8,22H,1H3,(H,19,23)(H,21,24)/b20-9+. The highest BCUT2D eigenvalue weighted by atomic mass is 35.5. The summed E-state index contributed by atoms with van der Waals surface area (Å²) in [6.45, 7) is 1.65. The fourth-order valence-electron chi connectivity index (χ4n) is 1.73. The number of carbonyl (C=O) groups is 2. The van der Waals surface area contributed by atoms with Gasteiger partial charge in [0.1, 0.15) is 5.75 Å². The highest BCUT2D eigenvalue weighted by molar-refractivity contribution is 6.45. The summed E-state index contributed by atoms with van der Waals surface area (Å²) in [7, 11) is 0. The van der Waals surface area contributed by atoms with Crippen LogP contribution in [-0.4, -0.2) is 22.6 Å². The minimum atomic E-state index is -0.954. The van der Waals surface area contributed by atoms with Gasteiger partial charge in [0.15, 0.2) is 0 Å².